The molecule has 0 spiro atoms. The number of carbonyl (C=O) groups is 2. The molecule has 142 valence electrons. The van der Waals surface area contributed by atoms with Crippen molar-refractivity contribution in [3.8, 4) is 5.75 Å². The molecule has 1 aliphatic carbocycles. The van der Waals surface area contributed by atoms with Crippen LogP contribution in [0.1, 0.15) is 52.9 Å². The van der Waals surface area contributed by atoms with Crippen LogP contribution in [0.4, 0.5) is 5.69 Å². The minimum absolute atomic E-state index is 0.0133. The van der Waals surface area contributed by atoms with Crippen LogP contribution in [0.2, 0.25) is 0 Å². The Morgan fingerprint density at radius 2 is 1.88 bits per heavy atom. The predicted octanol–water partition coefficient (Wildman–Crippen LogP) is 3.52. The summed E-state index contributed by atoms with van der Waals surface area (Å²) in [7, 11) is 0. The van der Waals surface area contributed by atoms with Gasteiger partial charge in [-0.3, -0.25) is 9.59 Å². The van der Waals surface area contributed by atoms with E-state index in [9.17, 15) is 9.59 Å². The van der Waals surface area contributed by atoms with Crippen LogP contribution in [0.15, 0.2) is 24.3 Å². The SMILES string of the molecule is CC(C)Oc1ccc(N2C[C@H](C(=O)N[C@@H]3CCCC[C@@H]3C)CC2=O)cc1. The number of ether oxygens (including phenoxy) is 1. The van der Waals surface area contributed by atoms with Crippen molar-refractivity contribution < 1.29 is 14.3 Å². The number of benzene rings is 1. The Bertz CT molecular complexity index is 641. The second kappa shape index (κ2) is 8.11. The van der Waals surface area contributed by atoms with Crippen molar-refractivity contribution in [2.75, 3.05) is 11.4 Å². The molecule has 0 unspecified atom stereocenters. The van der Waals surface area contributed by atoms with Crippen LogP contribution in [0.25, 0.3) is 0 Å². The van der Waals surface area contributed by atoms with Gasteiger partial charge in [0.25, 0.3) is 0 Å². The zero-order valence-electron chi connectivity index (χ0n) is 16.0. The van der Waals surface area contributed by atoms with Gasteiger partial charge in [-0.05, 0) is 56.9 Å². The normalized spacial score (nSPS) is 26.2. The van der Waals surface area contributed by atoms with Crippen LogP contribution < -0.4 is 15.0 Å². The van der Waals surface area contributed by atoms with Crippen molar-refractivity contribution in [2.45, 2.75) is 65.0 Å². The van der Waals surface area contributed by atoms with Crippen LogP contribution in [-0.2, 0) is 9.59 Å². The number of anilines is 1. The summed E-state index contributed by atoms with van der Waals surface area (Å²) in [5, 5.41) is 3.20. The molecule has 1 saturated carbocycles. The average molecular weight is 358 g/mol. The zero-order valence-corrected chi connectivity index (χ0v) is 16.0. The highest BCUT2D eigenvalue weighted by atomic mass is 16.5. The first-order valence-corrected chi connectivity index (χ1v) is 9.81. The Morgan fingerprint density at radius 3 is 2.54 bits per heavy atom. The third kappa shape index (κ3) is 4.37. The predicted molar refractivity (Wildman–Crippen MR) is 102 cm³/mol. The van der Waals surface area contributed by atoms with Crippen molar-refractivity contribution in [3.63, 3.8) is 0 Å². The summed E-state index contributed by atoms with van der Waals surface area (Å²) in [5.41, 5.74) is 0.826. The molecule has 0 aromatic heterocycles. The molecule has 0 radical (unpaired) electrons. The highest BCUT2D eigenvalue weighted by Gasteiger charge is 2.36. The van der Waals surface area contributed by atoms with Gasteiger partial charge in [0.2, 0.25) is 11.8 Å². The Kier molecular flexibility index (Phi) is 5.84. The molecule has 2 fully saturated rings. The zero-order chi connectivity index (χ0) is 18.7. The van der Waals surface area contributed by atoms with E-state index < -0.39 is 0 Å². The smallest absolute Gasteiger partial charge is 0.227 e. The highest BCUT2D eigenvalue weighted by Crippen LogP contribution is 2.29. The minimum Gasteiger partial charge on any atom is -0.491 e. The fraction of sp³-hybridized carbons (Fsp3) is 0.619. The molecule has 5 nitrogen and oxygen atoms in total. The van der Waals surface area contributed by atoms with Crippen LogP contribution in [-0.4, -0.2) is 30.5 Å². The standard InChI is InChI=1S/C21H30N2O3/c1-14(2)26-18-10-8-17(9-11-18)23-13-16(12-20(23)24)21(25)22-19-7-5-4-6-15(19)3/h8-11,14-16,19H,4-7,12-13H2,1-3H3,(H,22,25)/t15-,16+,19+/m0/s1. The Morgan fingerprint density at radius 1 is 1.19 bits per heavy atom. The molecule has 0 bridgehead atoms. The summed E-state index contributed by atoms with van der Waals surface area (Å²) in [6.45, 7) is 6.62. The Balaban J connectivity index is 1.60. The molecule has 1 saturated heterocycles. The second-order valence-corrected chi connectivity index (χ2v) is 7.94. The van der Waals surface area contributed by atoms with Gasteiger partial charge >= 0.3 is 0 Å². The summed E-state index contributed by atoms with van der Waals surface area (Å²) in [6.07, 6.45) is 5.05. The van der Waals surface area contributed by atoms with Gasteiger partial charge in [-0.15, -0.1) is 0 Å². The highest BCUT2D eigenvalue weighted by molar-refractivity contribution is 6.00. The van der Waals surface area contributed by atoms with Crippen molar-refractivity contribution in [1.29, 1.82) is 0 Å². The van der Waals surface area contributed by atoms with E-state index in [1.165, 1.54) is 19.3 Å². The molecule has 3 rings (SSSR count). The average Bonchev–Trinajstić information content (AvgIpc) is 2.99. The summed E-state index contributed by atoms with van der Waals surface area (Å²) >= 11 is 0. The molecular weight excluding hydrogens is 328 g/mol. The first-order chi connectivity index (χ1) is 12.4. The van der Waals surface area contributed by atoms with Gasteiger partial charge in [0.15, 0.2) is 0 Å². The third-order valence-corrected chi connectivity index (χ3v) is 5.46. The lowest BCUT2D eigenvalue weighted by molar-refractivity contribution is -0.127. The van der Waals surface area contributed by atoms with E-state index in [1.807, 2.05) is 38.1 Å². The van der Waals surface area contributed by atoms with Crippen LogP contribution in [0.5, 0.6) is 5.75 Å². The van der Waals surface area contributed by atoms with Crippen molar-refractivity contribution in [1.82, 2.24) is 5.32 Å². The third-order valence-electron chi connectivity index (χ3n) is 5.46. The fourth-order valence-electron chi connectivity index (χ4n) is 3.94. The van der Waals surface area contributed by atoms with E-state index in [-0.39, 0.29) is 36.3 Å². The Labute approximate surface area is 156 Å². The number of rotatable bonds is 5. The van der Waals surface area contributed by atoms with Crippen molar-refractivity contribution in [3.05, 3.63) is 24.3 Å². The second-order valence-electron chi connectivity index (χ2n) is 7.94. The number of amides is 2. The molecule has 26 heavy (non-hydrogen) atoms. The summed E-state index contributed by atoms with van der Waals surface area (Å²) in [4.78, 5) is 26.8. The van der Waals surface area contributed by atoms with E-state index in [4.69, 9.17) is 4.74 Å². The van der Waals surface area contributed by atoms with E-state index in [2.05, 4.69) is 12.2 Å². The van der Waals surface area contributed by atoms with Crippen molar-refractivity contribution in [2.24, 2.45) is 11.8 Å². The first kappa shape index (κ1) is 18.7. The van der Waals surface area contributed by atoms with Crippen LogP contribution in [0, 0.1) is 11.8 Å². The lowest BCUT2D eigenvalue weighted by atomic mass is 9.85. The van der Waals surface area contributed by atoms with Gasteiger partial charge in [0.1, 0.15) is 5.75 Å². The molecule has 1 heterocycles. The van der Waals surface area contributed by atoms with Crippen molar-refractivity contribution >= 4 is 17.5 Å². The Hall–Kier alpha value is -2.04. The number of hydrogen-bond donors (Lipinski definition) is 1. The molecule has 2 amide bonds. The number of hydrogen-bond acceptors (Lipinski definition) is 3. The molecule has 1 N–H and O–H groups in total. The largest absolute Gasteiger partial charge is 0.491 e. The van der Waals surface area contributed by atoms with Gasteiger partial charge < -0.3 is 15.0 Å². The molecule has 5 heteroatoms. The van der Waals surface area contributed by atoms with Crippen LogP contribution in [0.3, 0.4) is 0 Å². The van der Waals surface area contributed by atoms with Gasteiger partial charge in [-0.1, -0.05) is 19.8 Å². The molecule has 1 aliphatic heterocycles. The molecule has 1 aromatic carbocycles. The van der Waals surface area contributed by atoms with E-state index >= 15 is 0 Å². The van der Waals surface area contributed by atoms with E-state index in [0.717, 1.165) is 17.9 Å². The van der Waals surface area contributed by atoms with Crippen LogP contribution >= 0.6 is 0 Å². The number of nitrogens with zero attached hydrogens (tertiary/aromatic N) is 1. The van der Waals surface area contributed by atoms with E-state index in [1.54, 1.807) is 4.90 Å². The molecule has 2 aliphatic rings. The van der Waals surface area contributed by atoms with Gasteiger partial charge in [0.05, 0.1) is 12.0 Å². The molecule has 1 aromatic rings. The fourth-order valence-corrected chi connectivity index (χ4v) is 3.94. The maximum absolute atomic E-state index is 12.6. The minimum atomic E-state index is -0.261. The van der Waals surface area contributed by atoms with E-state index in [0.29, 0.717) is 12.5 Å². The lowest BCUT2D eigenvalue weighted by Crippen LogP contribution is -2.44. The molecule has 3 atom stereocenters. The van der Waals surface area contributed by atoms with Gasteiger partial charge in [-0.25, -0.2) is 0 Å². The van der Waals surface area contributed by atoms with Gasteiger partial charge in [-0.2, -0.15) is 0 Å². The first-order valence-electron chi connectivity index (χ1n) is 9.81. The molecular formula is C21H30N2O3. The maximum atomic E-state index is 12.6. The summed E-state index contributed by atoms with van der Waals surface area (Å²) < 4.78 is 5.65. The summed E-state index contributed by atoms with van der Waals surface area (Å²) in [5.74, 6) is 1.09. The summed E-state index contributed by atoms with van der Waals surface area (Å²) in [6, 6.07) is 7.78. The van der Waals surface area contributed by atoms with Gasteiger partial charge in [0, 0.05) is 24.7 Å². The number of carbonyl (C=O) groups excluding carboxylic acids is 2. The topological polar surface area (TPSA) is 58.6 Å². The monoisotopic (exact) mass is 358 g/mol. The number of nitrogens with one attached hydrogen (secondary N) is 1. The maximum Gasteiger partial charge on any atom is 0.227 e. The quantitative estimate of drug-likeness (QED) is 0.876. The lowest BCUT2D eigenvalue weighted by Gasteiger charge is -2.30.